The van der Waals surface area contributed by atoms with E-state index < -0.39 is 17.8 Å². The number of nitrogens with zero attached hydrogens (tertiary/aromatic N) is 2. The number of thioether (sulfide) groups is 1. The molecular weight excluding hydrogens is 358 g/mol. The lowest BCUT2D eigenvalue weighted by molar-refractivity contribution is -0.197. The van der Waals surface area contributed by atoms with E-state index in [2.05, 4.69) is 10.3 Å². The first-order chi connectivity index (χ1) is 12.6. The van der Waals surface area contributed by atoms with Crippen molar-refractivity contribution in [3.8, 4) is 0 Å². The maximum absolute atomic E-state index is 11.7. The largest absolute Gasteiger partial charge is 0.355 e. The van der Waals surface area contributed by atoms with Crippen LogP contribution in [0.25, 0.3) is 0 Å². The summed E-state index contributed by atoms with van der Waals surface area (Å²) in [5, 5.41) is 4.17. The maximum atomic E-state index is 11.7. The SMILES string of the molecule is O=C(CSc1ccccn1)NCCCCCC(=O)ON1C(=O)CCC1=O. The summed E-state index contributed by atoms with van der Waals surface area (Å²) >= 11 is 1.37. The van der Waals surface area contributed by atoms with Gasteiger partial charge in [0.1, 0.15) is 0 Å². The van der Waals surface area contributed by atoms with Gasteiger partial charge in [0.15, 0.2) is 0 Å². The van der Waals surface area contributed by atoms with Crippen molar-refractivity contribution in [2.24, 2.45) is 0 Å². The van der Waals surface area contributed by atoms with Crippen molar-refractivity contribution in [1.82, 2.24) is 15.4 Å². The van der Waals surface area contributed by atoms with Crippen LogP contribution in [0, 0.1) is 0 Å². The number of carbonyl (C=O) groups excluding carboxylic acids is 4. The Balaban J connectivity index is 1.48. The molecule has 2 heterocycles. The number of unbranched alkanes of at least 4 members (excludes halogenated alkanes) is 2. The van der Waals surface area contributed by atoms with Gasteiger partial charge in [0.25, 0.3) is 11.8 Å². The van der Waals surface area contributed by atoms with Crippen LogP contribution in [0.2, 0.25) is 0 Å². The van der Waals surface area contributed by atoms with Crippen LogP contribution in [0.3, 0.4) is 0 Å². The number of carbonyl (C=O) groups is 4. The lowest BCUT2D eigenvalue weighted by Crippen LogP contribution is -2.32. The first kappa shape index (κ1) is 19.9. The molecule has 0 unspecified atom stereocenters. The van der Waals surface area contributed by atoms with E-state index in [-0.39, 0.29) is 25.2 Å². The van der Waals surface area contributed by atoms with Crippen LogP contribution in [0.1, 0.15) is 38.5 Å². The molecule has 1 aliphatic rings. The highest BCUT2D eigenvalue weighted by Crippen LogP contribution is 2.14. The van der Waals surface area contributed by atoms with E-state index in [1.165, 1.54) is 11.8 Å². The smallest absolute Gasteiger partial charge is 0.333 e. The highest BCUT2D eigenvalue weighted by Gasteiger charge is 2.32. The predicted octanol–water partition coefficient (Wildman–Crippen LogP) is 1.46. The molecule has 1 fully saturated rings. The van der Waals surface area contributed by atoms with Crippen LogP contribution in [-0.2, 0) is 24.0 Å². The highest BCUT2D eigenvalue weighted by atomic mass is 32.2. The highest BCUT2D eigenvalue weighted by molar-refractivity contribution is 7.99. The first-order valence-corrected chi connectivity index (χ1v) is 9.42. The minimum Gasteiger partial charge on any atom is -0.355 e. The minimum atomic E-state index is -0.593. The van der Waals surface area contributed by atoms with Gasteiger partial charge in [0, 0.05) is 32.0 Å². The van der Waals surface area contributed by atoms with Crippen LogP contribution in [0.5, 0.6) is 0 Å². The molecule has 1 N–H and O–H groups in total. The Morgan fingerprint density at radius 3 is 2.62 bits per heavy atom. The van der Waals surface area contributed by atoms with Crippen molar-refractivity contribution in [3.05, 3.63) is 24.4 Å². The molecule has 1 aliphatic heterocycles. The molecule has 140 valence electrons. The van der Waals surface area contributed by atoms with Gasteiger partial charge in [0.05, 0.1) is 10.8 Å². The maximum Gasteiger partial charge on any atom is 0.333 e. The van der Waals surface area contributed by atoms with Gasteiger partial charge in [-0.15, -0.1) is 5.06 Å². The molecule has 8 nitrogen and oxygen atoms in total. The molecule has 0 aromatic carbocycles. The van der Waals surface area contributed by atoms with Gasteiger partial charge < -0.3 is 10.2 Å². The Morgan fingerprint density at radius 1 is 1.15 bits per heavy atom. The average molecular weight is 379 g/mol. The zero-order valence-electron chi connectivity index (χ0n) is 14.3. The summed E-state index contributed by atoms with van der Waals surface area (Å²) in [4.78, 5) is 54.9. The van der Waals surface area contributed by atoms with E-state index in [9.17, 15) is 19.2 Å². The number of rotatable bonds is 10. The molecule has 0 atom stereocenters. The minimum absolute atomic E-state index is 0.0638. The fourth-order valence-corrected chi connectivity index (χ4v) is 2.92. The molecule has 0 spiro atoms. The third-order valence-electron chi connectivity index (χ3n) is 3.57. The summed E-state index contributed by atoms with van der Waals surface area (Å²) in [7, 11) is 0. The van der Waals surface area contributed by atoms with E-state index >= 15 is 0 Å². The topological polar surface area (TPSA) is 106 Å². The molecule has 1 aromatic heterocycles. The number of hydroxylamine groups is 2. The summed E-state index contributed by atoms with van der Waals surface area (Å²) in [6.45, 7) is 0.528. The molecule has 9 heteroatoms. The lowest BCUT2D eigenvalue weighted by Gasteiger charge is -2.12. The predicted molar refractivity (Wildman–Crippen MR) is 93.6 cm³/mol. The summed E-state index contributed by atoms with van der Waals surface area (Å²) in [5.74, 6) is -1.30. The summed E-state index contributed by atoms with van der Waals surface area (Å²) in [6.07, 6.45) is 4.00. The fraction of sp³-hybridized carbons (Fsp3) is 0.471. The van der Waals surface area contributed by atoms with Gasteiger partial charge in [-0.2, -0.15) is 0 Å². The Labute approximate surface area is 155 Å². The van der Waals surface area contributed by atoms with E-state index in [1.807, 2.05) is 18.2 Å². The quantitative estimate of drug-likeness (QED) is 0.373. The van der Waals surface area contributed by atoms with Gasteiger partial charge in [-0.1, -0.05) is 24.2 Å². The van der Waals surface area contributed by atoms with Crippen LogP contribution >= 0.6 is 11.8 Å². The van der Waals surface area contributed by atoms with Crippen LogP contribution in [0.15, 0.2) is 29.4 Å². The third-order valence-corrected chi connectivity index (χ3v) is 4.51. The van der Waals surface area contributed by atoms with Crippen molar-refractivity contribution in [2.75, 3.05) is 12.3 Å². The number of hydrogen-bond donors (Lipinski definition) is 1. The van der Waals surface area contributed by atoms with Crippen molar-refractivity contribution < 1.29 is 24.0 Å². The molecular formula is C17H21N3O5S. The van der Waals surface area contributed by atoms with Crippen LogP contribution in [0.4, 0.5) is 0 Å². The molecule has 1 saturated heterocycles. The molecule has 26 heavy (non-hydrogen) atoms. The number of imide groups is 1. The molecule has 2 rings (SSSR count). The van der Waals surface area contributed by atoms with Crippen LogP contribution in [-0.4, -0.2) is 46.0 Å². The van der Waals surface area contributed by atoms with E-state index in [0.29, 0.717) is 23.8 Å². The van der Waals surface area contributed by atoms with Crippen molar-refractivity contribution in [3.63, 3.8) is 0 Å². The van der Waals surface area contributed by atoms with E-state index in [0.717, 1.165) is 17.9 Å². The number of pyridine rings is 1. The zero-order chi connectivity index (χ0) is 18.8. The standard InChI is InChI=1S/C17H21N3O5S/c21-13(12-26-14-6-3-5-11-19-14)18-10-4-1-2-7-17(24)25-20-15(22)8-9-16(20)23/h3,5-6,11H,1-2,4,7-10,12H2,(H,18,21). The Hall–Kier alpha value is -2.42. The number of hydrogen-bond acceptors (Lipinski definition) is 7. The number of amides is 3. The normalized spacial score (nSPS) is 13.8. The molecule has 0 aliphatic carbocycles. The van der Waals surface area contributed by atoms with Crippen molar-refractivity contribution in [2.45, 2.75) is 43.6 Å². The second kappa shape index (κ2) is 10.5. The van der Waals surface area contributed by atoms with Gasteiger partial charge >= 0.3 is 5.97 Å². The Bertz CT molecular complexity index is 637. The second-order valence-corrected chi connectivity index (χ2v) is 6.66. The van der Waals surface area contributed by atoms with Crippen LogP contribution < -0.4 is 5.32 Å². The van der Waals surface area contributed by atoms with Gasteiger partial charge in [-0.3, -0.25) is 14.4 Å². The van der Waals surface area contributed by atoms with Gasteiger partial charge in [-0.25, -0.2) is 9.78 Å². The monoisotopic (exact) mass is 379 g/mol. The number of nitrogens with one attached hydrogen (secondary N) is 1. The van der Waals surface area contributed by atoms with Gasteiger partial charge in [0.2, 0.25) is 5.91 Å². The number of aromatic nitrogens is 1. The lowest BCUT2D eigenvalue weighted by atomic mass is 10.2. The van der Waals surface area contributed by atoms with Crippen molar-refractivity contribution in [1.29, 1.82) is 0 Å². The molecule has 0 radical (unpaired) electrons. The fourth-order valence-electron chi connectivity index (χ4n) is 2.23. The summed E-state index contributed by atoms with van der Waals surface area (Å²) in [5.41, 5.74) is 0. The summed E-state index contributed by atoms with van der Waals surface area (Å²) < 4.78 is 0. The first-order valence-electron chi connectivity index (χ1n) is 8.43. The van der Waals surface area contributed by atoms with Crippen molar-refractivity contribution >= 4 is 35.5 Å². The molecule has 3 amide bonds. The summed E-state index contributed by atoms with van der Waals surface area (Å²) in [6, 6.07) is 5.54. The third kappa shape index (κ3) is 6.83. The Kier molecular flexibility index (Phi) is 8.07. The second-order valence-electron chi connectivity index (χ2n) is 5.66. The van der Waals surface area contributed by atoms with E-state index in [4.69, 9.17) is 4.84 Å². The Morgan fingerprint density at radius 2 is 1.92 bits per heavy atom. The van der Waals surface area contributed by atoms with Gasteiger partial charge in [-0.05, 0) is 25.0 Å². The molecule has 0 bridgehead atoms. The molecule has 1 aromatic rings. The van der Waals surface area contributed by atoms with E-state index in [1.54, 1.807) is 6.20 Å². The average Bonchev–Trinajstić information content (AvgIpc) is 2.95. The molecule has 0 saturated carbocycles. The zero-order valence-corrected chi connectivity index (χ0v) is 15.1.